The molecule has 4 heterocycles. The highest BCUT2D eigenvalue weighted by atomic mass is 15.1. The number of aromatic nitrogens is 4. The maximum absolute atomic E-state index is 4.66. The largest absolute Gasteiger partial charge is 0.341 e. The van der Waals surface area contributed by atoms with Gasteiger partial charge in [0.25, 0.3) is 0 Å². The highest BCUT2D eigenvalue weighted by Crippen LogP contribution is 2.45. The number of imidazole rings is 2. The molecule has 0 radical (unpaired) electrons. The molecule has 0 bridgehead atoms. The van der Waals surface area contributed by atoms with E-state index in [4.69, 9.17) is 0 Å². The van der Waals surface area contributed by atoms with Crippen molar-refractivity contribution in [2.24, 2.45) is 11.8 Å². The van der Waals surface area contributed by atoms with Crippen molar-refractivity contribution in [3.05, 3.63) is 72.3 Å². The minimum atomic E-state index is 0.365. The van der Waals surface area contributed by atoms with E-state index in [1.165, 1.54) is 35.4 Å². The average Bonchev–Trinajstić information content (AvgIpc) is 3.41. The van der Waals surface area contributed by atoms with E-state index in [0.717, 1.165) is 41.2 Å². The Kier molecular flexibility index (Phi) is 4.93. The van der Waals surface area contributed by atoms with Crippen LogP contribution in [0.2, 0.25) is 0 Å². The summed E-state index contributed by atoms with van der Waals surface area (Å²) in [6.07, 6.45) is 7.70. The SMILES string of the molecule is CC1C[C@@H](c2cnc(-c3ccc(-c4ccc(-c5ncc([C@@H]6C[C@H]7C[C@H]7N6)[nH]5)cc4)cc3)[nH]2)N[C@@H]1C. The van der Waals surface area contributed by atoms with Crippen LogP contribution in [0.25, 0.3) is 33.9 Å². The molecule has 1 aliphatic carbocycles. The molecule has 3 aliphatic rings. The Balaban J connectivity index is 1.04. The predicted octanol–water partition coefficient (Wildman–Crippen LogP) is 5.62. The third-order valence-corrected chi connectivity index (χ3v) is 8.39. The Labute approximate surface area is 206 Å². The molecule has 6 heteroatoms. The summed E-state index contributed by atoms with van der Waals surface area (Å²) in [5, 5.41) is 7.36. The van der Waals surface area contributed by atoms with Crippen LogP contribution in [0.1, 0.15) is 56.6 Å². The van der Waals surface area contributed by atoms with Gasteiger partial charge >= 0.3 is 0 Å². The number of H-pyrrole nitrogens is 2. The van der Waals surface area contributed by atoms with Crippen molar-refractivity contribution < 1.29 is 0 Å². The molecule has 2 aromatic carbocycles. The molecule has 2 aromatic heterocycles. The highest BCUT2D eigenvalue weighted by Gasteiger charge is 2.46. The van der Waals surface area contributed by atoms with Crippen molar-refractivity contribution in [3.63, 3.8) is 0 Å². The zero-order valence-corrected chi connectivity index (χ0v) is 20.3. The summed E-state index contributed by atoms with van der Waals surface area (Å²) in [4.78, 5) is 16.4. The normalized spacial score (nSPS) is 29.4. The van der Waals surface area contributed by atoms with Gasteiger partial charge in [0, 0.05) is 35.3 Å². The topological polar surface area (TPSA) is 81.4 Å². The first kappa shape index (κ1) is 21.1. The number of fused-ring (bicyclic) bond motifs is 1. The van der Waals surface area contributed by atoms with Gasteiger partial charge in [-0.05, 0) is 49.1 Å². The molecule has 0 spiro atoms. The molecule has 1 unspecified atom stereocenters. The van der Waals surface area contributed by atoms with Crippen LogP contribution in [-0.4, -0.2) is 32.0 Å². The Morgan fingerprint density at radius 2 is 1.14 bits per heavy atom. The number of hydrogen-bond acceptors (Lipinski definition) is 4. The van der Waals surface area contributed by atoms with E-state index >= 15 is 0 Å². The van der Waals surface area contributed by atoms with Crippen molar-refractivity contribution in [1.29, 1.82) is 0 Å². The summed E-state index contributed by atoms with van der Waals surface area (Å²) < 4.78 is 0. The van der Waals surface area contributed by atoms with Gasteiger partial charge in [0.2, 0.25) is 0 Å². The molecule has 35 heavy (non-hydrogen) atoms. The van der Waals surface area contributed by atoms with E-state index in [0.29, 0.717) is 24.0 Å². The van der Waals surface area contributed by atoms with Crippen molar-refractivity contribution in [2.45, 2.75) is 57.3 Å². The van der Waals surface area contributed by atoms with E-state index in [1.54, 1.807) is 0 Å². The van der Waals surface area contributed by atoms with Gasteiger partial charge in [0.1, 0.15) is 11.6 Å². The van der Waals surface area contributed by atoms with Gasteiger partial charge in [0.15, 0.2) is 0 Å². The Hall–Kier alpha value is -3.22. The fourth-order valence-corrected chi connectivity index (χ4v) is 5.86. The van der Waals surface area contributed by atoms with E-state index in [-0.39, 0.29) is 0 Å². The van der Waals surface area contributed by atoms with Crippen LogP contribution < -0.4 is 10.6 Å². The van der Waals surface area contributed by atoms with E-state index in [1.807, 2.05) is 12.4 Å². The zero-order valence-electron chi connectivity index (χ0n) is 20.3. The van der Waals surface area contributed by atoms with E-state index in [2.05, 4.69) is 92.9 Å². The lowest BCUT2D eigenvalue weighted by molar-refractivity contribution is 0.517. The molecule has 4 aromatic rings. The van der Waals surface area contributed by atoms with Crippen molar-refractivity contribution in [1.82, 2.24) is 30.6 Å². The lowest BCUT2D eigenvalue weighted by Gasteiger charge is -2.10. The molecular formula is C29H32N6. The molecule has 1 saturated carbocycles. The Bertz CT molecular complexity index is 1310. The van der Waals surface area contributed by atoms with Crippen LogP contribution in [0.4, 0.5) is 0 Å². The fourth-order valence-electron chi connectivity index (χ4n) is 5.86. The number of hydrogen-bond donors (Lipinski definition) is 4. The van der Waals surface area contributed by atoms with Crippen LogP contribution in [0.3, 0.4) is 0 Å². The lowest BCUT2D eigenvalue weighted by atomic mass is 10.0. The lowest BCUT2D eigenvalue weighted by Crippen LogP contribution is -2.23. The molecule has 4 N–H and O–H groups in total. The third kappa shape index (κ3) is 3.91. The summed E-state index contributed by atoms with van der Waals surface area (Å²) in [5.41, 5.74) is 7.01. The number of piperidine rings is 1. The van der Waals surface area contributed by atoms with E-state index < -0.39 is 0 Å². The van der Waals surface area contributed by atoms with Crippen LogP contribution in [-0.2, 0) is 0 Å². The fraction of sp³-hybridized carbons (Fsp3) is 0.379. The van der Waals surface area contributed by atoms with Crippen molar-refractivity contribution >= 4 is 0 Å². The smallest absolute Gasteiger partial charge is 0.137 e. The maximum Gasteiger partial charge on any atom is 0.137 e. The molecular weight excluding hydrogens is 432 g/mol. The molecule has 2 saturated heterocycles. The third-order valence-electron chi connectivity index (χ3n) is 8.39. The number of nitrogens with one attached hydrogen (secondary N) is 4. The minimum Gasteiger partial charge on any atom is -0.341 e. The number of nitrogens with zero attached hydrogens (tertiary/aromatic N) is 2. The van der Waals surface area contributed by atoms with Crippen LogP contribution in [0, 0.1) is 11.8 Å². The van der Waals surface area contributed by atoms with Gasteiger partial charge in [0.05, 0.1) is 23.8 Å². The second-order valence-corrected chi connectivity index (χ2v) is 10.8. The first-order valence-corrected chi connectivity index (χ1v) is 12.9. The van der Waals surface area contributed by atoms with E-state index in [9.17, 15) is 0 Å². The summed E-state index contributed by atoms with van der Waals surface area (Å²) in [7, 11) is 0. The minimum absolute atomic E-state index is 0.365. The molecule has 178 valence electrons. The Morgan fingerprint density at radius 1 is 0.629 bits per heavy atom. The molecule has 7 rings (SSSR count). The van der Waals surface area contributed by atoms with Gasteiger partial charge in [-0.3, -0.25) is 0 Å². The zero-order chi connectivity index (χ0) is 23.5. The second kappa shape index (κ2) is 8.18. The van der Waals surface area contributed by atoms with Crippen LogP contribution in [0.5, 0.6) is 0 Å². The van der Waals surface area contributed by atoms with Crippen molar-refractivity contribution in [2.75, 3.05) is 0 Å². The quantitative estimate of drug-likeness (QED) is 0.309. The molecule has 6 nitrogen and oxygen atoms in total. The summed E-state index contributed by atoms with van der Waals surface area (Å²) in [6.45, 7) is 4.57. The Morgan fingerprint density at radius 3 is 1.60 bits per heavy atom. The molecule has 6 atom stereocenters. The van der Waals surface area contributed by atoms with Gasteiger partial charge in [-0.2, -0.15) is 0 Å². The number of rotatable bonds is 5. The molecule has 0 amide bonds. The van der Waals surface area contributed by atoms with Gasteiger partial charge in [-0.25, -0.2) is 9.97 Å². The first-order chi connectivity index (χ1) is 17.1. The van der Waals surface area contributed by atoms with Crippen LogP contribution >= 0.6 is 0 Å². The van der Waals surface area contributed by atoms with Gasteiger partial charge in [-0.15, -0.1) is 0 Å². The summed E-state index contributed by atoms with van der Waals surface area (Å²) in [5.74, 6) is 3.43. The van der Waals surface area contributed by atoms with Gasteiger partial charge in [-0.1, -0.05) is 55.5 Å². The summed E-state index contributed by atoms with van der Waals surface area (Å²) in [6, 6.07) is 19.4. The summed E-state index contributed by atoms with van der Waals surface area (Å²) >= 11 is 0. The maximum atomic E-state index is 4.66. The number of aromatic amines is 2. The highest BCUT2D eigenvalue weighted by molar-refractivity contribution is 5.70. The number of benzene rings is 2. The monoisotopic (exact) mass is 464 g/mol. The van der Waals surface area contributed by atoms with Gasteiger partial charge < -0.3 is 20.6 Å². The average molecular weight is 465 g/mol. The molecule has 3 fully saturated rings. The second-order valence-electron chi connectivity index (χ2n) is 10.8. The molecule has 2 aliphatic heterocycles. The van der Waals surface area contributed by atoms with Crippen LogP contribution in [0.15, 0.2) is 60.9 Å². The first-order valence-electron chi connectivity index (χ1n) is 12.9. The standard InChI is InChI=1S/C29H32N6/c1-16-11-24(32-17(16)2)26-14-30-28(34-26)20-7-3-18(4-8-20)19-5-9-21(10-6-19)29-31-15-27(35-29)25-13-22-12-23(22)33-25/h3-10,14-17,22-25,32-33H,11-13H2,1-2H3,(H,30,34)(H,31,35)/t16?,17-,22-,23-,24+,25+/m1/s1. The predicted molar refractivity (Wildman–Crippen MR) is 139 cm³/mol. The van der Waals surface area contributed by atoms with Crippen molar-refractivity contribution in [3.8, 4) is 33.9 Å².